The number of hydrogen-bond acceptors (Lipinski definition) is 3. The Morgan fingerprint density at radius 2 is 1.65 bits per heavy atom. The van der Waals surface area contributed by atoms with Crippen LogP contribution in [0.4, 0.5) is 10.5 Å². The van der Waals surface area contributed by atoms with Gasteiger partial charge in [0.25, 0.3) is 0 Å². The summed E-state index contributed by atoms with van der Waals surface area (Å²) in [5.74, 6) is 1.51. The van der Waals surface area contributed by atoms with Crippen molar-refractivity contribution >= 4 is 24.9 Å². The van der Waals surface area contributed by atoms with Crippen molar-refractivity contribution in [3.05, 3.63) is 72.0 Å². The minimum atomic E-state index is -3.46. The number of amides is 2. The quantitative estimate of drug-likeness (QED) is 0.844. The molecule has 2 amide bonds. The number of nitrogens with zero attached hydrogens (tertiary/aromatic N) is 1. The third kappa shape index (κ3) is 3.07. The van der Waals surface area contributed by atoms with Crippen LogP contribution in [-0.2, 0) is 9.09 Å². The zero-order valence-corrected chi connectivity index (χ0v) is 13.6. The van der Waals surface area contributed by atoms with Crippen LogP contribution in [-0.4, -0.2) is 12.6 Å². The largest absolute Gasteiger partial charge is 0.333 e. The van der Waals surface area contributed by atoms with Crippen LogP contribution in [0.15, 0.2) is 66.5 Å². The van der Waals surface area contributed by atoms with Gasteiger partial charge in [0.05, 0.1) is 18.0 Å². The van der Waals surface area contributed by atoms with Gasteiger partial charge in [-0.1, -0.05) is 48.5 Å². The van der Waals surface area contributed by atoms with E-state index in [4.69, 9.17) is 4.52 Å². The molecule has 0 bridgehead atoms. The zero-order chi connectivity index (χ0) is 16.3. The van der Waals surface area contributed by atoms with Gasteiger partial charge in [-0.15, -0.1) is 0 Å². The molecule has 0 saturated carbocycles. The van der Waals surface area contributed by atoms with E-state index in [1.165, 1.54) is 10.5 Å². The first-order valence-corrected chi connectivity index (χ1v) is 8.98. The Bertz CT molecular complexity index is 775. The van der Waals surface area contributed by atoms with Gasteiger partial charge in [-0.3, -0.25) is 4.57 Å². The van der Waals surface area contributed by atoms with Gasteiger partial charge >= 0.3 is 13.6 Å². The fourth-order valence-corrected chi connectivity index (χ4v) is 4.41. The normalized spacial score (nSPS) is 20.8. The molecule has 2 aromatic carbocycles. The molecule has 1 unspecified atom stereocenters. The van der Waals surface area contributed by atoms with E-state index in [0.717, 1.165) is 5.56 Å². The number of carbonyl (C=O) groups is 1. The van der Waals surface area contributed by atoms with Crippen molar-refractivity contribution in [3.8, 4) is 0 Å². The van der Waals surface area contributed by atoms with Crippen molar-refractivity contribution < 1.29 is 13.9 Å². The Balaban J connectivity index is 2.08. The maximum Gasteiger partial charge on any atom is 0.333 e. The fraction of sp³-hybridized carbons (Fsp3) is 0.118. The topological polar surface area (TPSA) is 58.6 Å². The lowest BCUT2D eigenvalue weighted by Gasteiger charge is -2.33. The van der Waals surface area contributed by atoms with Crippen LogP contribution in [0.25, 0.3) is 5.70 Å². The van der Waals surface area contributed by atoms with Gasteiger partial charge in [-0.2, -0.15) is 0 Å². The van der Waals surface area contributed by atoms with Crippen LogP contribution >= 0.6 is 7.52 Å². The first kappa shape index (κ1) is 15.5. The number of carbonyl (C=O) groups excluding carboxylic acids is 1. The van der Waals surface area contributed by atoms with Gasteiger partial charge < -0.3 is 9.84 Å². The average molecular weight is 328 g/mol. The molecule has 1 heterocycles. The number of benzene rings is 2. The van der Waals surface area contributed by atoms with Crippen molar-refractivity contribution in [3.63, 3.8) is 0 Å². The highest BCUT2D eigenvalue weighted by Crippen LogP contribution is 2.57. The van der Waals surface area contributed by atoms with E-state index in [-0.39, 0.29) is 6.61 Å². The predicted octanol–water partition coefficient (Wildman–Crippen LogP) is 4.44. The highest BCUT2D eigenvalue weighted by Gasteiger charge is 2.39. The van der Waals surface area contributed by atoms with E-state index < -0.39 is 13.6 Å². The number of anilines is 1. The molecule has 5 nitrogen and oxygen atoms in total. The second-order valence-electron chi connectivity index (χ2n) is 4.97. The molecule has 1 atom stereocenters. The smallest absolute Gasteiger partial charge is 0.310 e. The maximum absolute atomic E-state index is 13.3. The van der Waals surface area contributed by atoms with Crippen molar-refractivity contribution in [1.29, 1.82) is 0 Å². The third-order valence-electron chi connectivity index (χ3n) is 3.40. The number of hydrogen-bond donors (Lipinski definition) is 1. The second kappa shape index (κ2) is 6.41. The van der Waals surface area contributed by atoms with Gasteiger partial charge in [0.1, 0.15) is 0 Å². The lowest BCUT2D eigenvalue weighted by atomic mass is 10.2. The summed E-state index contributed by atoms with van der Waals surface area (Å²) in [5, 5.41) is 2.79. The SMILES string of the molecule is CCOP1(=O)C=C(c2ccccc2)NC(=O)N1c1ccccc1. The summed E-state index contributed by atoms with van der Waals surface area (Å²) in [7, 11) is -3.46. The molecular weight excluding hydrogens is 311 g/mol. The third-order valence-corrected chi connectivity index (χ3v) is 5.59. The average Bonchev–Trinajstić information content (AvgIpc) is 2.56. The zero-order valence-electron chi connectivity index (χ0n) is 12.7. The number of rotatable bonds is 4. The molecule has 0 aromatic heterocycles. The molecule has 1 aliphatic rings. The highest BCUT2D eigenvalue weighted by molar-refractivity contribution is 7.65. The lowest BCUT2D eigenvalue weighted by Crippen LogP contribution is -2.40. The molecule has 1 N–H and O–H groups in total. The molecule has 3 rings (SSSR count). The number of para-hydroxylation sites is 1. The minimum absolute atomic E-state index is 0.243. The van der Waals surface area contributed by atoms with Crippen molar-refractivity contribution in [2.45, 2.75) is 6.92 Å². The number of nitrogens with one attached hydrogen (secondary N) is 1. The minimum Gasteiger partial charge on any atom is -0.310 e. The van der Waals surface area contributed by atoms with E-state index in [9.17, 15) is 9.36 Å². The van der Waals surface area contributed by atoms with E-state index in [1.807, 2.05) is 36.4 Å². The summed E-state index contributed by atoms with van der Waals surface area (Å²) in [6.45, 7) is 2.00. The molecule has 23 heavy (non-hydrogen) atoms. The Morgan fingerprint density at radius 1 is 1.04 bits per heavy atom. The van der Waals surface area contributed by atoms with Crippen molar-refractivity contribution in [2.24, 2.45) is 0 Å². The van der Waals surface area contributed by atoms with Gasteiger partial charge in [-0.05, 0) is 24.6 Å². The molecule has 0 fully saturated rings. The fourth-order valence-electron chi connectivity index (χ4n) is 2.44. The second-order valence-corrected chi connectivity index (χ2v) is 7.01. The predicted molar refractivity (Wildman–Crippen MR) is 91.1 cm³/mol. The summed E-state index contributed by atoms with van der Waals surface area (Å²) < 4.78 is 20.0. The molecule has 0 saturated heterocycles. The molecule has 1 aliphatic heterocycles. The highest BCUT2D eigenvalue weighted by atomic mass is 31.2. The van der Waals surface area contributed by atoms with Gasteiger partial charge in [0.2, 0.25) is 0 Å². The van der Waals surface area contributed by atoms with Crippen LogP contribution in [0.5, 0.6) is 0 Å². The van der Waals surface area contributed by atoms with E-state index in [0.29, 0.717) is 11.4 Å². The Kier molecular flexibility index (Phi) is 4.33. The number of urea groups is 1. The van der Waals surface area contributed by atoms with E-state index in [2.05, 4.69) is 5.32 Å². The molecule has 118 valence electrons. The summed E-state index contributed by atoms with van der Waals surface area (Å²) >= 11 is 0. The summed E-state index contributed by atoms with van der Waals surface area (Å²) in [4.78, 5) is 12.6. The summed E-state index contributed by atoms with van der Waals surface area (Å²) in [5.41, 5.74) is 1.82. The van der Waals surface area contributed by atoms with Crippen LogP contribution in [0.1, 0.15) is 12.5 Å². The van der Waals surface area contributed by atoms with Crippen LogP contribution in [0.2, 0.25) is 0 Å². The van der Waals surface area contributed by atoms with E-state index in [1.54, 1.807) is 31.2 Å². The van der Waals surface area contributed by atoms with Crippen molar-refractivity contribution in [2.75, 3.05) is 11.3 Å². The van der Waals surface area contributed by atoms with Crippen LogP contribution in [0.3, 0.4) is 0 Å². The molecule has 0 aliphatic carbocycles. The Morgan fingerprint density at radius 3 is 2.26 bits per heavy atom. The molecular formula is C17H17N2O3P. The summed E-state index contributed by atoms with van der Waals surface area (Å²) in [6, 6.07) is 17.7. The molecule has 0 radical (unpaired) electrons. The molecule has 0 spiro atoms. The Labute approximate surface area is 135 Å². The Hall–Kier alpha value is -2.36. The van der Waals surface area contributed by atoms with Crippen LogP contribution in [0, 0.1) is 0 Å². The summed E-state index contributed by atoms with van der Waals surface area (Å²) in [6.07, 6.45) is 0. The van der Waals surface area contributed by atoms with E-state index >= 15 is 0 Å². The maximum atomic E-state index is 13.3. The van der Waals surface area contributed by atoms with Crippen LogP contribution < -0.4 is 9.99 Å². The van der Waals surface area contributed by atoms with Gasteiger partial charge in [-0.25, -0.2) is 9.46 Å². The monoisotopic (exact) mass is 328 g/mol. The lowest BCUT2D eigenvalue weighted by molar-refractivity contribution is 0.250. The first-order chi connectivity index (χ1) is 11.1. The van der Waals surface area contributed by atoms with Gasteiger partial charge in [0.15, 0.2) is 0 Å². The van der Waals surface area contributed by atoms with Gasteiger partial charge in [0, 0.05) is 5.82 Å². The molecule has 2 aromatic rings. The molecule has 6 heteroatoms. The standard InChI is InChI=1S/C17H17N2O3P/c1-2-22-23(21)13-16(14-9-5-3-6-10-14)18-17(20)19(23)15-11-7-4-8-12-15/h3-13H,2H2,1H3,(H,18,20). The van der Waals surface area contributed by atoms with Crippen molar-refractivity contribution in [1.82, 2.24) is 5.32 Å². The first-order valence-electron chi connectivity index (χ1n) is 7.33.